The number of piperazine rings is 1. The number of amides is 1. The normalized spacial score (nSPS) is 34.0. The van der Waals surface area contributed by atoms with Gasteiger partial charge in [-0.15, -0.1) is 0 Å². The van der Waals surface area contributed by atoms with Crippen molar-refractivity contribution in [3.63, 3.8) is 0 Å². The molecule has 0 unspecified atom stereocenters. The maximum atomic E-state index is 13.7. The minimum Gasteiger partial charge on any atom is -0.496 e. The Morgan fingerprint density at radius 1 is 1.13 bits per heavy atom. The van der Waals surface area contributed by atoms with Crippen molar-refractivity contribution in [1.82, 2.24) is 15.1 Å². The molecule has 0 radical (unpaired) electrons. The Morgan fingerprint density at radius 2 is 1.74 bits per heavy atom. The summed E-state index contributed by atoms with van der Waals surface area (Å²) >= 11 is 0. The second kappa shape index (κ2) is 8.36. The molecule has 4 aliphatic carbocycles. The smallest absolute Gasteiger partial charge is 0.237 e. The lowest BCUT2D eigenvalue weighted by Crippen LogP contribution is -2.63. The van der Waals surface area contributed by atoms with Crippen molar-refractivity contribution < 1.29 is 13.9 Å². The van der Waals surface area contributed by atoms with E-state index >= 15 is 0 Å². The molecule has 0 spiro atoms. The van der Waals surface area contributed by atoms with Crippen LogP contribution in [0.3, 0.4) is 0 Å². The number of benzene rings is 1. The molecule has 1 atom stereocenters. The molecular weight excluding hydrogens is 393 g/mol. The van der Waals surface area contributed by atoms with Gasteiger partial charge in [0.15, 0.2) is 0 Å². The van der Waals surface area contributed by atoms with Gasteiger partial charge in [-0.3, -0.25) is 14.6 Å². The van der Waals surface area contributed by atoms with E-state index in [1.807, 2.05) is 0 Å². The lowest BCUT2D eigenvalue weighted by Gasteiger charge is -2.57. The summed E-state index contributed by atoms with van der Waals surface area (Å²) < 4.78 is 19.1. The lowest BCUT2D eigenvalue weighted by molar-refractivity contribution is -0.132. The van der Waals surface area contributed by atoms with E-state index in [0.717, 1.165) is 55.2 Å². The van der Waals surface area contributed by atoms with Gasteiger partial charge in [0.25, 0.3) is 0 Å². The van der Waals surface area contributed by atoms with Crippen LogP contribution in [0.4, 0.5) is 4.39 Å². The van der Waals surface area contributed by atoms with Crippen LogP contribution < -0.4 is 10.1 Å². The van der Waals surface area contributed by atoms with Crippen LogP contribution in [0.25, 0.3) is 0 Å². The second-order valence-corrected chi connectivity index (χ2v) is 10.6. The molecule has 1 saturated heterocycles. The highest BCUT2D eigenvalue weighted by Gasteiger charge is 2.51. The molecule has 1 aromatic carbocycles. The quantitative estimate of drug-likeness (QED) is 0.753. The minimum atomic E-state index is -0.232. The first-order valence-corrected chi connectivity index (χ1v) is 12.0. The van der Waals surface area contributed by atoms with Gasteiger partial charge in [-0.25, -0.2) is 4.39 Å². The van der Waals surface area contributed by atoms with Crippen molar-refractivity contribution in [2.24, 2.45) is 17.8 Å². The Labute approximate surface area is 185 Å². The number of methoxy groups -OCH3 is 1. The van der Waals surface area contributed by atoms with E-state index < -0.39 is 0 Å². The molecule has 4 bridgehead atoms. The molecule has 31 heavy (non-hydrogen) atoms. The van der Waals surface area contributed by atoms with Crippen molar-refractivity contribution in [3.8, 4) is 5.75 Å². The van der Waals surface area contributed by atoms with Crippen molar-refractivity contribution in [2.45, 2.75) is 63.6 Å². The van der Waals surface area contributed by atoms with Gasteiger partial charge in [0.2, 0.25) is 5.91 Å². The molecule has 1 aromatic rings. The van der Waals surface area contributed by atoms with Gasteiger partial charge in [-0.1, -0.05) is 0 Å². The fourth-order valence-corrected chi connectivity index (χ4v) is 7.22. The third-order valence-corrected chi connectivity index (χ3v) is 8.40. The van der Waals surface area contributed by atoms with Gasteiger partial charge in [0.05, 0.1) is 13.2 Å². The Balaban J connectivity index is 1.15. The Bertz CT molecular complexity index is 786. The maximum absolute atomic E-state index is 13.7. The molecule has 4 saturated carbocycles. The maximum Gasteiger partial charge on any atom is 0.237 e. The van der Waals surface area contributed by atoms with Gasteiger partial charge >= 0.3 is 0 Å². The van der Waals surface area contributed by atoms with Crippen molar-refractivity contribution in [2.75, 3.05) is 33.3 Å². The predicted molar refractivity (Wildman–Crippen MR) is 118 cm³/mol. The Kier molecular flexibility index (Phi) is 5.72. The summed E-state index contributed by atoms with van der Waals surface area (Å²) in [6, 6.07) is 4.59. The zero-order chi connectivity index (χ0) is 21.6. The standard InChI is InChI=1S/C25H36FN3O2/c1-17(24(30)27-25-13-18-9-19(14-25)11-20(10-18)15-25)29-7-5-28(6-8-29)16-21-12-22(26)3-4-23(21)31-2/h3-4,12,17-20H,5-11,13-16H2,1-2H3,(H,27,30)/t17-,18?,19?,20?,25?/m0/s1. The first-order valence-electron chi connectivity index (χ1n) is 12.0. The van der Waals surface area contributed by atoms with Crippen LogP contribution in [0.5, 0.6) is 5.75 Å². The van der Waals surface area contributed by atoms with Crippen LogP contribution in [0.1, 0.15) is 51.0 Å². The minimum absolute atomic E-state index is 0.0792. The van der Waals surface area contributed by atoms with E-state index in [-0.39, 0.29) is 23.3 Å². The van der Waals surface area contributed by atoms with E-state index in [4.69, 9.17) is 4.74 Å². The van der Waals surface area contributed by atoms with E-state index in [9.17, 15) is 9.18 Å². The molecule has 6 rings (SSSR count). The largest absolute Gasteiger partial charge is 0.496 e. The summed E-state index contributed by atoms with van der Waals surface area (Å²) in [5.41, 5.74) is 0.958. The molecule has 1 heterocycles. The van der Waals surface area contributed by atoms with Crippen LogP contribution in [0, 0.1) is 23.6 Å². The molecule has 0 aromatic heterocycles. The second-order valence-electron chi connectivity index (χ2n) is 10.6. The van der Waals surface area contributed by atoms with Gasteiger partial charge in [0.1, 0.15) is 11.6 Å². The van der Waals surface area contributed by atoms with Crippen LogP contribution >= 0.6 is 0 Å². The average Bonchev–Trinajstić information content (AvgIpc) is 2.72. The zero-order valence-corrected chi connectivity index (χ0v) is 18.9. The number of carbonyl (C=O) groups excluding carboxylic acids is 1. The highest BCUT2D eigenvalue weighted by Crippen LogP contribution is 2.55. The summed E-state index contributed by atoms with van der Waals surface area (Å²) in [5.74, 6) is 3.22. The predicted octanol–water partition coefficient (Wildman–Crippen LogP) is 3.43. The fourth-order valence-electron chi connectivity index (χ4n) is 7.22. The van der Waals surface area contributed by atoms with E-state index in [2.05, 4.69) is 22.0 Å². The average molecular weight is 430 g/mol. The molecular formula is C25H36FN3O2. The number of nitrogens with one attached hydrogen (secondary N) is 1. The molecule has 5 nitrogen and oxygen atoms in total. The highest BCUT2D eigenvalue weighted by molar-refractivity contribution is 5.82. The summed E-state index contributed by atoms with van der Waals surface area (Å²) in [4.78, 5) is 17.8. The third-order valence-electron chi connectivity index (χ3n) is 8.40. The first kappa shape index (κ1) is 21.2. The molecule has 1 amide bonds. The van der Waals surface area contributed by atoms with Crippen molar-refractivity contribution in [1.29, 1.82) is 0 Å². The van der Waals surface area contributed by atoms with Gasteiger partial charge in [-0.05, 0) is 81.4 Å². The summed E-state index contributed by atoms with van der Waals surface area (Å²) in [5, 5.41) is 3.54. The third kappa shape index (κ3) is 4.34. The van der Waals surface area contributed by atoms with Gasteiger partial charge in [0, 0.05) is 43.8 Å². The number of halogens is 1. The van der Waals surface area contributed by atoms with Crippen molar-refractivity contribution >= 4 is 5.91 Å². The molecule has 1 N–H and O–H groups in total. The molecule has 5 aliphatic rings. The van der Waals surface area contributed by atoms with Crippen LogP contribution in [0.2, 0.25) is 0 Å². The molecule has 6 heteroatoms. The SMILES string of the molecule is COc1ccc(F)cc1CN1CCN([C@@H](C)C(=O)NC23CC4CC(CC(C4)C2)C3)CC1. The van der Waals surface area contributed by atoms with Crippen molar-refractivity contribution in [3.05, 3.63) is 29.6 Å². The number of ether oxygens (including phenoxy) is 1. The monoisotopic (exact) mass is 429 g/mol. The fraction of sp³-hybridized carbons (Fsp3) is 0.720. The molecule has 5 fully saturated rings. The van der Waals surface area contributed by atoms with Crippen LogP contribution in [-0.4, -0.2) is 60.6 Å². The van der Waals surface area contributed by atoms with Crippen LogP contribution in [-0.2, 0) is 11.3 Å². The Morgan fingerprint density at radius 3 is 2.32 bits per heavy atom. The van der Waals surface area contributed by atoms with E-state index in [0.29, 0.717) is 6.54 Å². The number of carbonyl (C=O) groups is 1. The molecule has 1 aliphatic heterocycles. The van der Waals surface area contributed by atoms with E-state index in [1.165, 1.54) is 44.6 Å². The first-order chi connectivity index (χ1) is 14.9. The van der Waals surface area contributed by atoms with Crippen LogP contribution in [0.15, 0.2) is 18.2 Å². The number of nitrogens with zero attached hydrogens (tertiary/aromatic N) is 2. The Hall–Kier alpha value is -1.66. The highest BCUT2D eigenvalue weighted by atomic mass is 19.1. The van der Waals surface area contributed by atoms with E-state index in [1.54, 1.807) is 19.2 Å². The zero-order valence-electron chi connectivity index (χ0n) is 18.9. The summed E-state index contributed by atoms with van der Waals surface area (Å²) in [6.07, 6.45) is 7.76. The topological polar surface area (TPSA) is 44.8 Å². The van der Waals surface area contributed by atoms with Gasteiger partial charge in [-0.2, -0.15) is 0 Å². The number of hydrogen-bond donors (Lipinski definition) is 1. The molecule has 170 valence electrons. The van der Waals surface area contributed by atoms with Gasteiger partial charge < -0.3 is 10.1 Å². The number of hydrogen-bond acceptors (Lipinski definition) is 4. The number of rotatable bonds is 6. The summed E-state index contributed by atoms with van der Waals surface area (Å²) in [6.45, 7) is 6.17. The lowest BCUT2D eigenvalue weighted by atomic mass is 9.53. The summed E-state index contributed by atoms with van der Waals surface area (Å²) in [7, 11) is 1.62.